The molecule has 0 aliphatic carbocycles. The molecule has 8 heteroatoms. The van der Waals surface area contributed by atoms with Crippen LogP contribution in [0.25, 0.3) is 0 Å². The predicted molar refractivity (Wildman–Crippen MR) is 81.9 cm³/mol. The van der Waals surface area contributed by atoms with E-state index in [1.165, 1.54) is 36.6 Å². The lowest BCUT2D eigenvalue weighted by Gasteiger charge is -2.32. The van der Waals surface area contributed by atoms with Crippen LogP contribution in [0.4, 0.5) is 10.1 Å². The molecule has 1 heterocycles. The first-order valence-corrected chi connectivity index (χ1v) is 8.44. The Bertz CT molecular complexity index is 648. The highest BCUT2D eigenvalue weighted by molar-refractivity contribution is 7.86. The molecule has 1 aliphatic heterocycles. The molecule has 1 aliphatic rings. The standard InChI is InChI=1S/C14H20FN3O3S/c1-17(2)22(20,21)18-8-4-5-11(10-18)14(19)16-13-7-3-6-12(15)9-13/h3,6-7,9,11H,4-5,8,10H2,1-2H3,(H,16,19)/t11-/m1/s1. The summed E-state index contributed by atoms with van der Waals surface area (Å²) in [5.41, 5.74) is 0.373. The van der Waals surface area contributed by atoms with Crippen molar-refractivity contribution in [1.82, 2.24) is 8.61 Å². The summed E-state index contributed by atoms with van der Waals surface area (Å²) < 4.78 is 39.8. The van der Waals surface area contributed by atoms with Gasteiger partial charge >= 0.3 is 0 Å². The molecular formula is C14H20FN3O3S. The molecule has 1 fully saturated rings. The van der Waals surface area contributed by atoms with Crippen LogP contribution in [0.1, 0.15) is 12.8 Å². The Morgan fingerprint density at radius 2 is 2.14 bits per heavy atom. The molecule has 122 valence electrons. The zero-order valence-corrected chi connectivity index (χ0v) is 13.4. The lowest BCUT2D eigenvalue weighted by atomic mass is 9.99. The molecule has 1 aromatic rings. The average molecular weight is 329 g/mol. The van der Waals surface area contributed by atoms with Crippen molar-refractivity contribution in [3.8, 4) is 0 Å². The first-order chi connectivity index (χ1) is 10.3. The van der Waals surface area contributed by atoms with E-state index in [9.17, 15) is 17.6 Å². The second kappa shape index (κ2) is 6.72. The summed E-state index contributed by atoms with van der Waals surface area (Å²) >= 11 is 0. The maximum absolute atomic E-state index is 13.1. The van der Waals surface area contributed by atoms with Gasteiger partial charge in [0.15, 0.2) is 0 Å². The van der Waals surface area contributed by atoms with Gasteiger partial charge in [-0.2, -0.15) is 17.0 Å². The molecule has 6 nitrogen and oxygen atoms in total. The van der Waals surface area contributed by atoms with Gasteiger partial charge in [-0.1, -0.05) is 6.07 Å². The third-order valence-electron chi connectivity index (χ3n) is 3.63. The molecule has 1 saturated heterocycles. The van der Waals surface area contributed by atoms with Gasteiger partial charge in [-0.3, -0.25) is 4.79 Å². The molecule has 22 heavy (non-hydrogen) atoms. The third-order valence-corrected chi connectivity index (χ3v) is 5.54. The smallest absolute Gasteiger partial charge is 0.281 e. The number of nitrogens with one attached hydrogen (secondary N) is 1. The lowest BCUT2D eigenvalue weighted by Crippen LogP contribution is -2.47. The van der Waals surface area contributed by atoms with Crippen LogP contribution in [0, 0.1) is 11.7 Å². The minimum Gasteiger partial charge on any atom is -0.326 e. The van der Waals surface area contributed by atoms with Crippen molar-refractivity contribution >= 4 is 21.8 Å². The first-order valence-electron chi connectivity index (χ1n) is 7.05. The summed E-state index contributed by atoms with van der Waals surface area (Å²) in [6, 6.07) is 5.63. The highest BCUT2D eigenvalue weighted by atomic mass is 32.2. The number of benzene rings is 1. The van der Waals surface area contributed by atoms with Crippen molar-refractivity contribution in [3.05, 3.63) is 30.1 Å². The van der Waals surface area contributed by atoms with Crippen LogP contribution >= 0.6 is 0 Å². The fourth-order valence-corrected chi connectivity index (χ4v) is 3.60. The fourth-order valence-electron chi connectivity index (χ4n) is 2.41. The van der Waals surface area contributed by atoms with Crippen molar-refractivity contribution in [2.24, 2.45) is 5.92 Å². The highest BCUT2D eigenvalue weighted by Crippen LogP contribution is 2.22. The molecule has 1 aromatic carbocycles. The highest BCUT2D eigenvalue weighted by Gasteiger charge is 2.33. The van der Waals surface area contributed by atoms with Gasteiger partial charge in [0.2, 0.25) is 5.91 Å². The summed E-state index contributed by atoms with van der Waals surface area (Å²) in [4.78, 5) is 12.3. The minimum atomic E-state index is -3.52. The van der Waals surface area contributed by atoms with Gasteiger partial charge in [-0.05, 0) is 31.0 Å². The normalized spacial score (nSPS) is 20.1. The van der Waals surface area contributed by atoms with Crippen molar-refractivity contribution in [3.63, 3.8) is 0 Å². The van der Waals surface area contributed by atoms with Gasteiger partial charge in [-0.15, -0.1) is 0 Å². The van der Waals surface area contributed by atoms with E-state index in [0.29, 0.717) is 25.1 Å². The second-order valence-electron chi connectivity index (χ2n) is 5.49. The molecule has 1 amide bonds. The van der Waals surface area contributed by atoms with E-state index in [0.717, 1.165) is 4.31 Å². The molecule has 1 atom stereocenters. The molecule has 0 bridgehead atoms. The van der Waals surface area contributed by atoms with Crippen molar-refractivity contribution in [2.45, 2.75) is 12.8 Å². The van der Waals surface area contributed by atoms with Crippen LogP contribution in [0.5, 0.6) is 0 Å². The maximum atomic E-state index is 13.1. The van der Waals surface area contributed by atoms with Crippen molar-refractivity contribution in [2.75, 3.05) is 32.5 Å². The number of hydrogen-bond donors (Lipinski definition) is 1. The predicted octanol–water partition coefficient (Wildman–Crippen LogP) is 1.28. The number of piperidine rings is 1. The summed E-state index contributed by atoms with van der Waals surface area (Å²) in [5.74, 6) is -1.16. The van der Waals surface area contributed by atoms with Gasteiger partial charge in [0.1, 0.15) is 5.82 Å². The Balaban J connectivity index is 2.04. The molecule has 0 spiro atoms. The van der Waals surface area contributed by atoms with Crippen LogP contribution in [0.15, 0.2) is 24.3 Å². The van der Waals surface area contributed by atoms with Gasteiger partial charge in [-0.25, -0.2) is 4.39 Å². The third kappa shape index (κ3) is 3.82. The SMILES string of the molecule is CN(C)S(=O)(=O)N1CCC[C@@H](C(=O)Nc2cccc(F)c2)C1. The van der Waals surface area contributed by atoms with Crippen LogP contribution in [-0.2, 0) is 15.0 Å². The zero-order chi connectivity index (χ0) is 16.3. The van der Waals surface area contributed by atoms with Crippen molar-refractivity contribution in [1.29, 1.82) is 0 Å². The largest absolute Gasteiger partial charge is 0.326 e. The second-order valence-corrected chi connectivity index (χ2v) is 7.63. The molecule has 0 saturated carbocycles. The Labute approximate surface area is 130 Å². The summed E-state index contributed by atoms with van der Waals surface area (Å²) in [5, 5.41) is 2.64. The van der Waals surface area contributed by atoms with E-state index in [-0.39, 0.29) is 12.5 Å². The molecular weight excluding hydrogens is 309 g/mol. The van der Waals surface area contributed by atoms with Crippen LogP contribution < -0.4 is 5.32 Å². The molecule has 1 N–H and O–H groups in total. The molecule has 2 rings (SSSR count). The quantitative estimate of drug-likeness (QED) is 0.905. The lowest BCUT2D eigenvalue weighted by molar-refractivity contribution is -0.120. The number of carbonyl (C=O) groups excluding carboxylic acids is 1. The van der Waals surface area contributed by atoms with Crippen LogP contribution in [-0.4, -0.2) is 50.1 Å². The Morgan fingerprint density at radius 3 is 2.77 bits per heavy atom. The fraction of sp³-hybridized carbons (Fsp3) is 0.500. The summed E-state index contributed by atoms with van der Waals surface area (Å²) in [7, 11) is -0.591. The monoisotopic (exact) mass is 329 g/mol. The molecule has 0 unspecified atom stereocenters. The number of hydrogen-bond acceptors (Lipinski definition) is 3. The van der Waals surface area contributed by atoms with E-state index in [4.69, 9.17) is 0 Å². The van der Waals surface area contributed by atoms with Gasteiger partial charge < -0.3 is 5.32 Å². The summed E-state index contributed by atoms with van der Waals surface area (Å²) in [6.45, 7) is 0.548. The number of anilines is 1. The van der Waals surface area contributed by atoms with E-state index in [2.05, 4.69) is 5.32 Å². The molecule has 0 aromatic heterocycles. The first kappa shape index (κ1) is 16.9. The number of halogens is 1. The average Bonchev–Trinajstić information content (AvgIpc) is 2.47. The summed E-state index contributed by atoms with van der Waals surface area (Å²) in [6.07, 6.45) is 1.23. The number of amides is 1. The number of nitrogens with zero attached hydrogens (tertiary/aromatic N) is 2. The Hall–Kier alpha value is -1.51. The number of carbonyl (C=O) groups is 1. The van der Waals surface area contributed by atoms with E-state index in [1.807, 2.05) is 0 Å². The number of rotatable bonds is 4. The zero-order valence-electron chi connectivity index (χ0n) is 12.6. The topological polar surface area (TPSA) is 69.7 Å². The minimum absolute atomic E-state index is 0.141. The van der Waals surface area contributed by atoms with Gasteiger partial charge in [0.25, 0.3) is 10.2 Å². The van der Waals surface area contributed by atoms with Crippen LogP contribution in [0.3, 0.4) is 0 Å². The van der Waals surface area contributed by atoms with E-state index in [1.54, 1.807) is 6.07 Å². The van der Waals surface area contributed by atoms with Crippen molar-refractivity contribution < 1.29 is 17.6 Å². The van der Waals surface area contributed by atoms with E-state index >= 15 is 0 Å². The Morgan fingerprint density at radius 1 is 1.41 bits per heavy atom. The van der Waals surface area contributed by atoms with Gasteiger partial charge in [0, 0.05) is 32.9 Å². The van der Waals surface area contributed by atoms with Crippen LogP contribution in [0.2, 0.25) is 0 Å². The van der Waals surface area contributed by atoms with E-state index < -0.39 is 21.9 Å². The van der Waals surface area contributed by atoms with Gasteiger partial charge in [0.05, 0.1) is 5.92 Å². The molecule has 0 radical (unpaired) electrons. The Kier molecular flexibility index (Phi) is 5.15. The maximum Gasteiger partial charge on any atom is 0.281 e.